The van der Waals surface area contributed by atoms with Crippen LogP contribution < -0.4 is 15.4 Å². The van der Waals surface area contributed by atoms with Gasteiger partial charge in [0, 0.05) is 28.5 Å². The molecule has 2 N–H and O–H groups in total. The standard InChI is InChI=1S/C23H25N3O4S/c1-23(2,3)30-22(28)15-6-5-7-16(10-15)26(13-18-12-25-14-31-18)17-8-9-19(21(24)27)20(11-17)29-4/h5-12,14H,13H2,1-4H3,(H2,24,27). The number of amides is 1. The lowest BCUT2D eigenvalue weighted by molar-refractivity contribution is 0.00694. The number of methoxy groups -OCH3 is 1. The zero-order valence-corrected chi connectivity index (χ0v) is 18.7. The first-order valence-electron chi connectivity index (χ1n) is 9.64. The van der Waals surface area contributed by atoms with Gasteiger partial charge in [-0.3, -0.25) is 9.78 Å². The van der Waals surface area contributed by atoms with Crippen LogP contribution in [-0.4, -0.2) is 29.6 Å². The first kappa shape index (κ1) is 22.3. The molecule has 0 atom stereocenters. The quantitative estimate of drug-likeness (QED) is 0.543. The molecule has 0 bridgehead atoms. The van der Waals surface area contributed by atoms with E-state index in [-0.39, 0.29) is 0 Å². The Morgan fingerprint density at radius 3 is 2.48 bits per heavy atom. The number of rotatable bonds is 7. The third-order valence-electron chi connectivity index (χ3n) is 4.35. The number of thiazole rings is 1. The van der Waals surface area contributed by atoms with Crippen LogP contribution in [0.2, 0.25) is 0 Å². The number of hydrogen-bond donors (Lipinski definition) is 1. The second-order valence-corrected chi connectivity index (χ2v) is 8.83. The van der Waals surface area contributed by atoms with Gasteiger partial charge in [0.2, 0.25) is 0 Å². The van der Waals surface area contributed by atoms with Crippen molar-refractivity contribution in [1.29, 1.82) is 0 Å². The lowest BCUT2D eigenvalue weighted by atomic mass is 10.1. The van der Waals surface area contributed by atoms with Gasteiger partial charge in [0.1, 0.15) is 11.4 Å². The summed E-state index contributed by atoms with van der Waals surface area (Å²) < 4.78 is 10.9. The van der Waals surface area contributed by atoms with E-state index in [1.165, 1.54) is 18.4 Å². The number of ether oxygens (including phenoxy) is 2. The SMILES string of the molecule is COc1cc(N(Cc2cncs2)c2cccc(C(=O)OC(C)(C)C)c2)ccc1C(N)=O. The number of benzene rings is 2. The lowest BCUT2D eigenvalue weighted by Gasteiger charge is -2.26. The predicted molar refractivity (Wildman–Crippen MR) is 121 cm³/mol. The molecule has 0 radical (unpaired) electrons. The van der Waals surface area contributed by atoms with Gasteiger partial charge in [-0.05, 0) is 51.1 Å². The van der Waals surface area contributed by atoms with E-state index in [0.717, 1.165) is 16.3 Å². The molecule has 0 fully saturated rings. The Hall–Kier alpha value is -3.39. The number of esters is 1. The highest BCUT2D eigenvalue weighted by atomic mass is 32.1. The van der Waals surface area contributed by atoms with Crippen LogP contribution in [-0.2, 0) is 11.3 Å². The van der Waals surface area contributed by atoms with Gasteiger partial charge < -0.3 is 20.1 Å². The number of carbonyl (C=O) groups excluding carboxylic acids is 2. The monoisotopic (exact) mass is 439 g/mol. The highest BCUT2D eigenvalue weighted by Crippen LogP contribution is 2.33. The summed E-state index contributed by atoms with van der Waals surface area (Å²) in [4.78, 5) is 31.5. The molecular weight excluding hydrogens is 414 g/mol. The average Bonchev–Trinajstić information content (AvgIpc) is 3.23. The van der Waals surface area contributed by atoms with Crippen LogP contribution in [0.15, 0.2) is 54.2 Å². The van der Waals surface area contributed by atoms with Gasteiger partial charge in [0.25, 0.3) is 5.91 Å². The van der Waals surface area contributed by atoms with Crippen LogP contribution in [0.25, 0.3) is 0 Å². The Bertz CT molecular complexity index is 1070. The van der Waals surface area contributed by atoms with Crippen molar-refractivity contribution in [3.05, 3.63) is 70.2 Å². The Morgan fingerprint density at radius 1 is 1.13 bits per heavy atom. The molecule has 1 aromatic heterocycles. The van der Waals surface area contributed by atoms with Crippen LogP contribution in [0, 0.1) is 0 Å². The van der Waals surface area contributed by atoms with E-state index in [1.54, 1.807) is 42.0 Å². The first-order valence-corrected chi connectivity index (χ1v) is 10.5. The molecule has 1 heterocycles. The predicted octanol–water partition coefficient (Wildman–Crippen LogP) is 4.54. The molecule has 0 saturated heterocycles. The molecule has 0 unspecified atom stereocenters. The zero-order valence-electron chi connectivity index (χ0n) is 17.9. The summed E-state index contributed by atoms with van der Waals surface area (Å²) in [6.07, 6.45) is 1.80. The Labute approximate surface area is 185 Å². The van der Waals surface area contributed by atoms with Crippen molar-refractivity contribution < 1.29 is 19.1 Å². The summed E-state index contributed by atoms with van der Waals surface area (Å²) in [5.74, 6) is -0.583. The Balaban J connectivity index is 2.04. The minimum Gasteiger partial charge on any atom is -0.496 e. The number of aromatic nitrogens is 1. The lowest BCUT2D eigenvalue weighted by Crippen LogP contribution is -2.24. The van der Waals surface area contributed by atoms with Gasteiger partial charge in [-0.25, -0.2) is 4.79 Å². The van der Waals surface area contributed by atoms with Crippen molar-refractivity contribution in [1.82, 2.24) is 4.98 Å². The third kappa shape index (κ3) is 5.61. The number of primary amides is 1. The second kappa shape index (κ2) is 9.18. The van der Waals surface area contributed by atoms with Crippen molar-refractivity contribution in [2.24, 2.45) is 5.73 Å². The number of hydrogen-bond acceptors (Lipinski definition) is 7. The van der Waals surface area contributed by atoms with Crippen molar-refractivity contribution in [3.8, 4) is 5.75 Å². The fraction of sp³-hybridized carbons (Fsp3) is 0.261. The van der Waals surface area contributed by atoms with E-state index >= 15 is 0 Å². The maximum absolute atomic E-state index is 12.6. The smallest absolute Gasteiger partial charge is 0.338 e. The van der Waals surface area contributed by atoms with E-state index < -0.39 is 17.5 Å². The van der Waals surface area contributed by atoms with Gasteiger partial charge in [0.15, 0.2) is 0 Å². The molecule has 3 aromatic rings. The van der Waals surface area contributed by atoms with Gasteiger partial charge >= 0.3 is 5.97 Å². The van der Waals surface area contributed by atoms with Crippen LogP contribution >= 0.6 is 11.3 Å². The van der Waals surface area contributed by atoms with Gasteiger partial charge in [-0.1, -0.05) is 6.07 Å². The molecule has 3 rings (SSSR count). The van der Waals surface area contributed by atoms with E-state index in [9.17, 15) is 9.59 Å². The van der Waals surface area contributed by atoms with E-state index in [0.29, 0.717) is 23.4 Å². The molecule has 0 aliphatic carbocycles. The number of carbonyl (C=O) groups is 2. The Morgan fingerprint density at radius 2 is 1.87 bits per heavy atom. The second-order valence-electron chi connectivity index (χ2n) is 7.85. The number of nitrogens with zero attached hydrogens (tertiary/aromatic N) is 2. The van der Waals surface area contributed by atoms with Crippen molar-refractivity contribution in [2.45, 2.75) is 32.9 Å². The summed E-state index contributed by atoms with van der Waals surface area (Å²) in [6, 6.07) is 12.4. The molecule has 0 spiro atoms. The van der Waals surface area contributed by atoms with Crippen molar-refractivity contribution in [2.75, 3.05) is 12.0 Å². The van der Waals surface area contributed by atoms with Gasteiger partial charge in [0.05, 0.1) is 30.3 Å². The first-order chi connectivity index (χ1) is 14.7. The van der Waals surface area contributed by atoms with Crippen LogP contribution in [0.5, 0.6) is 5.75 Å². The fourth-order valence-electron chi connectivity index (χ4n) is 3.00. The van der Waals surface area contributed by atoms with Crippen molar-refractivity contribution >= 4 is 34.6 Å². The molecule has 162 valence electrons. The highest BCUT2D eigenvalue weighted by Gasteiger charge is 2.20. The molecule has 31 heavy (non-hydrogen) atoms. The van der Waals surface area contributed by atoms with Gasteiger partial charge in [-0.2, -0.15) is 0 Å². The zero-order chi connectivity index (χ0) is 22.6. The van der Waals surface area contributed by atoms with E-state index in [4.69, 9.17) is 15.2 Å². The average molecular weight is 440 g/mol. The number of anilines is 2. The normalized spacial score (nSPS) is 11.1. The third-order valence-corrected chi connectivity index (χ3v) is 5.12. The molecule has 1 amide bonds. The molecule has 0 aliphatic heterocycles. The summed E-state index contributed by atoms with van der Waals surface area (Å²) in [6.45, 7) is 6.01. The molecular formula is C23H25N3O4S. The summed E-state index contributed by atoms with van der Waals surface area (Å²) in [5.41, 5.74) is 8.93. The minimum absolute atomic E-state index is 0.298. The maximum atomic E-state index is 12.6. The van der Waals surface area contributed by atoms with E-state index in [1.807, 2.05) is 37.8 Å². The van der Waals surface area contributed by atoms with Crippen molar-refractivity contribution in [3.63, 3.8) is 0 Å². The molecule has 2 aromatic carbocycles. The molecule has 8 heteroatoms. The van der Waals surface area contributed by atoms with Gasteiger partial charge in [-0.15, -0.1) is 11.3 Å². The topological polar surface area (TPSA) is 94.8 Å². The van der Waals surface area contributed by atoms with Crippen LogP contribution in [0.4, 0.5) is 11.4 Å². The fourth-order valence-corrected chi connectivity index (χ4v) is 3.58. The van der Waals surface area contributed by atoms with Crippen LogP contribution in [0.3, 0.4) is 0 Å². The van der Waals surface area contributed by atoms with E-state index in [2.05, 4.69) is 4.98 Å². The number of nitrogens with two attached hydrogens (primary N) is 1. The molecule has 7 nitrogen and oxygen atoms in total. The molecule has 0 aliphatic rings. The summed E-state index contributed by atoms with van der Waals surface area (Å²) >= 11 is 1.53. The largest absolute Gasteiger partial charge is 0.496 e. The summed E-state index contributed by atoms with van der Waals surface area (Å²) in [5, 5.41) is 0. The molecule has 0 saturated carbocycles. The minimum atomic E-state index is -0.590. The Kier molecular flexibility index (Phi) is 6.60. The highest BCUT2D eigenvalue weighted by molar-refractivity contribution is 7.09. The summed E-state index contributed by atoms with van der Waals surface area (Å²) in [7, 11) is 1.49. The van der Waals surface area contributed by atoms with Crippen LogP contribution in [0.1, 0.15) is 46.4 Å². The maximum Gasteiger partial charge on any atom is 0.338 e.